The number of fused-ring (bicyclic) bond motifs is 1. The van der Waals surface area contributed by atoms with E-state index in [1.54, 1.807) is 10.6 Å². The summed E-state index contributed by atoms with van der Waals surface area (Å²) in [5.74, 6) is -1.14. The minimum atomic E-state index is -0.574. The second-order valence-corrected chi connectivity index (χ2v) is 5.81. The van der Waals surface area contributed by atoms with Crippen molar-refractivity contribution < 1.29 is 14.3 Å². The Hall–Kier alpha value is -3.37. The second-order valence-electron chi connectivity index (χ2n) is 5.37. The number of aromatic nitrogens is 2. The highest BCUT2D eigenvalue weighted by Crippen LogP contribution is 2.20. The molecule has 1 amide bonds. The third-order valence-electron chi connectivity index (χ3n) is 3.57. The molecule has 3 aromatic rings. The molecule has 0 saturated heterocycles. The van der Waals surface area contributed by atoms with Gasteiger partial charge >= 0.3 is 5.97 Å². The molecule has 7 nitrogen and oxygen atoms in total. The number of hydrogen-bond donors (Lipinski definition) is 1. The monoisotopic (exact) mass is 368 g/mol. The van der Waals surface area contributed by atoms with Crippen molar-refractivity contribution in [1.82, 2.24) is 9.55 Å². The first-order chi connectivity index (χ1) is 12.6. The van der Waals surface area contributed by atoms with E-state index in [-0.39, 0.29) is 17.8 Å². The average molecular weight is 369 g/mol. The Bertz CT molecular complexity index is 1020. The van der Waals surface area contributed by atoms with Gasteiger partial charge in [0.1, 0.15) is 12.6 Å². The third-order valence-corrected chi connectivity index (χ3v) is 3.80. The van der Waals surface area contributed by atoms with Crippen molar-refractivity contribution in [3.8, 4) is 6.07 Å². The number of imidazole rings is 1. The Morgan fingerprint density at radius 1 is 1.27 bits per heavy atom. The summed E-state index contributed by atoms with van der Waals surface area (Å²) in [6.45, 7) is -0.531. The lowest BCUT2D eigenvalue weighted by Crippen LogP contribution is -2.23. The lowest BCUT2D eigenvalue weighted by Gasteiger charge is -2.09. The van der Waals surface area contributed by atoms with Gasteiger partial charge in [-0.2, -0.15) is 5.26 Å². The van der Waals surface area contributed by atoms with Gasteiger partial charge < -0.3 is 14.6 Å². The van der Waals surface area contributed by atoms with Crippen LogP contribution in [0.1, 0.15) is 5.56 Å². The molecule has 0 aliphatic carbocycles. The van der Waals surface area contributed by atoms with Crippen molar-refractivity contribution >= 4 is 40.2 Å². The van der Waals surface area contributed by atoms with Gasteiger partial charge in [-0.15, -0.1) is 0 Å². The molecule has 0 aliphatic rings. The van der Waals surface area contributed by atoms with Gasteiger partial charge in [0.15, 0.2) is 6.61 Å². The predicted molar refractivity (Wildman–Crippen MR) is 95.5 cm³/mol. The Morgan fingerprint density at radius 2 is 2.08 bits per heavy atom. The number of hydrogen-bond acceptors (Lipinski definition) is 5. The number of nitriles is 1. The third kappa shape index (κ3) is 3.99. The first-order valence-corrected chi connectivity index (χ1v) is 7.99. The van der Waals surface area contributed by atoms with Gasteiger partial charge in [-0.25, -0.2) is 4.98 Å². The normalized spacial score (nSPS) is 10.3. The number of para-hydroxylation sites is 2. The largest absolute Gasteiger partial charge is 0.454 e. The highest BCUT2D eigenvalue weighted by atomic mass is 35.5. The van der Waals surface area contributed by atoms with Gasteiger partial charge in [0, 0.05) is 5.02 Å². The minimum absolute atomic E-state index is 0.0611. The van der Waals surface area contributed by atoms with E-state index in [4.69, 9.17) is 21.6 Å². The molecule has 1 N–H and O–H groups in total. The van der Waals surface area contributed by atoms with Crippen LogP contribution in [-0.4, -0.2) is 28.0 Å². The molecule has 0 fully saturated rings. The summed E-state index contributed by atoms with van der Waals surface area (Å²) in [5.41, 5.74) is 2.09. The molecule has 8 heteroatoms. The smallest absolute Gasteiger partial charge is 0.326 e. The van der Waals surface area contributed by atoms with Crippen LogP contribution in [0.2, 0.25) is 5.02 Å². The van der Waals surface area contributed by atoms with Crippen LogP contribution in [0.15, 0.2) is 48.8 Å². The first-order valence-electron chi connectivity index (χ1n) is 7.62. The molecule has 1 heterocycles. The van der Waals surface area contributed by atoms with Gasteiger partial charge in [-0.05, 0) is 30.3 Å². The van der Waals surface area contributed by atoms with Crippen LogP contribution in [0, 0.1) is 11.3 Å². The van der Waals surface area contributed by atoms with Gasteiger partial charge in [0.05, 0.1) is 28.6 Å². The summed E-state index contributed by atoms with van der Waals surface area (Å²) in [7, 11) is 0. The molecule has 0 saturated carbocycles. The fourth-order valence-corrected chi connectivity index (χ4v) is 2.54. The number of esters is 1. The Balaban J connectivity index is 1.57. The highest BCUT2D eigenvalue weighted by Gasteiger charge is 2.12. The van der Waals surface area contributed by atoms with Crippen molar-refractivity contribution in [3.63, 3.8) is 0 Å². The maximum absolute atomic E-state index is 12.0. The van der Waals surface area contributed by atoms with Crippen molar-refractivity contribution in [2.75, 3.05) is 11.9 Å². The SMILES string of the molecule is N#Cc1ccc(Cl)cc1NC(=O)COC(=O)Cn1cnc2ccccc21. The molecular weight excluding hydrogens is 356 g/mol. The maximum Gasteiger partial charge on any atom is 0.326 e. The van der Waals surface area contributed by atoms with Crippen LogP contribution in [0.5, 0.6) is 0 Å². The van der Waals surface area contributed by atoms with Crippen LogP contribution in [0.25, 0.3) is 11.0 Å². The zero-order valence-electron chi connectivity index (χ0n) is 13.5. The maximum atomic E-state index is 12.0. The number of carbonyl (C=O) groups is 2. The lowest BCUT2D eigenvalue weighted by atomic mass is 10.2. The van der Waals surface area contributed by atoms with Gasteiger partial charge in [-0.1, -0.05) is 23.7 Å². The summed E-state index contributed by atoms with van der Waals surface area (Å²) < 4.78 is 6.63. The zero-order valence-corrected chi connectivity index (χ0v) is 14.2. The molecular formula is C18H13ClN4O3. The van der Waals surface area contributed by atoms with Crippen LogP contribution in [-0.2, 0) is 20.9 Å². The van der Waals surface area contributed by atoms with Crippen molar-refractivity contribution in [2.24, 2.45) is 0 Å². The lowest BCUT2D eigenvalue weighted by molar-refractivity contribution is -0.147. The molecule has 0 radical (unpaired) electrons. The number of amides is 1. The molecule has 130 valence electrons. The van der Waals surface area contributed by atoms with Crippen LogP contribution in [0.4, 0.5) is 5.69 Å². The summed E-state index contributed by atoms with van der Waals surface area (Å²) in [6, 6.07) is 13.8. The molecule has 1 aromatic heterocycles. The van der Waals surface area contributed by atoms with Crippen LogP contribution < -0.4 is 5.32 Å². The molecule has 2 aromatic carbocycles. The predicted octanol–water partition coefficient (Wildman–Crippen LogP) is 2.74. The number of benzene rings is 2. The van der Waals surface area contributed by atoms with E-state index in [1.165, 1.54) is 18.5 Å². The minimum Gasteiger partial charge on any atom is -0.454 e. The van der Waals surface area contributed by atoms with Crippen LogP contribution >= 0.6 is 11.6 Å². The second kappa shape index (κ2) is 7.68. The molecule has 0 spiro atoms. The molecule has 3 rings (SSSR count). The number of nitrogens with zero attached hydrogens (tertiary/aromatic N) is 3. The molecule has 26 heavy (non-hydrogen) atoms. The van der Waals surface area contributed by atoms with Crippen molar-refractivity contribution in [2.45, 2.75) is 6.54 Å². The number of rotatable bonds is 5. The average Bonchev–Trinajstić information content (AvgIpc) is 3.03. The Morgan fingerprint density at radius 3 is 2.88 bits per heavy atom. The number of ether oxygens (including phenoxy) is 1. The first kappa shape index (κ1) is 17.5. The zero-order chi connectivity index (χ0) is 18.5. The van der Waals surface area contributed by atoms with E-state index in [1.807, 2.05) is 30.3 Å². The molecule has 0 bridgehead atoms. The number of carbonyl (C=O) groups excluding carboxylic acids is 2. The Labute approximate surface area is 153 Å². The summed E-state index contributed by atoms with van der Waals surface area (Å²) in [6.07, 6.45) is 1.54. The Kier molecular flexibility index (Phi) is 5.15. The fraction of sp³-hybridized carbons (Fsp3) is 0.111. The fourth-order valence-electron chi connectivity index (χ4n) is 2.37. The molecule has 0 atom stereocenters. The highest BCUT2D eigenvalue weighted by molar-refractivity contribution is 6.31. The van der Waals surface area contributed by atoms with Crippen molar-refractivity contribution in [1.29, 1.82) is 5.26 Å². The van der Waals surface area contributed by atoms with Gasteiger partial charge in [0.2, 0.25) is 0 Å². The quantitative estimate of drug-likeness (QED) is 0.698. The van der Waals surface area contributed by atoms with Crippen molar-refractivity contribution in [3.05, 3.63) is 59.4 Å². The van der Waals surface area contributed by atoms with Gasteiger partial charge in [0.25, 0.3) is 5.91 Å². The number of anilines is 1. The van der Waals surface area contributed by atoms with E-state index in [0.717, 1.165) is 11.0 Å². The van der Waals surface area contributed by atoms with Gasteiger partial charge in [-0.3, -0.25) is 9.59 Å². The van der Waals surface area contributed by atoms with E-state index in [0.29, 0.717) is 5.02 Å². The summed E-state index contributed by atoms with van der Waals surface area (Å²) in [5, 5.41) is 11.9. The number of nitrogens with one attached hydrogen (secondary N) is 1. The standard InChI is InChI=1S/C18H13ClN4O3/c19-13-6-5-12(8-20)15(7-13)22-17(24)10-26-18(25)9-23-11-21-14-3-1-2-4-16(14)23/h1-7,11H,9-10H2,(H,22,24). The summed E-state index contributed by atoms with van der Waals surface area (Å²) in [4.78, 5) is 28.1. The van der Waals surface area contributed by atoms with E-state index >= 15 is 0 Å². The van der Waals surface area contributed by atoms with E-state index < -0.39 is 18.5 Å². The molecule has 0 unspecified atom stereocenters. The van der Waals surface area contributed by atoms with Crippen LogP contribution in [0.3, 0.4) is 0 Å². The molecule has 0 aliphatic heterocycles. The van der Waals surface area contributed by atoms with E-state index in [9.17, 15) is 9.59 Å². The summed E-state index contributed by atoms with van der Waals surface area (Å²) >= 11 is 5.86. The van der Waals surface area contributed by atoms with E-state index in [2.05, 4.69) is 10.3 Å². The number of halogens is 1. The topological polar surface area (TPSA) is 97.0 Å².